The molecular formula is C10H13N3. The van der Waals surface area contributed by atoms with E-state index in [1.807, 2.05) is 0 Å². The number of aromatic nitrogens is 1. The Morgan fingerprint density at radius 2 is 2.38 bits per heavy atom. The molecule has 68 valence electrons. The highest BCUT2D eigenvalue weighted by Crippen LogP contribution is 2.11. The standard InChI is InChI=1S/C10H13N3/c1-8(2)6-13-10-7-12-4-3-9(10)5-11/h3-4,7-8,13H,6H2,1-2H3. The number of hydrogen-bond acceptors (Lipinski definition) is 3. The van der Waals surface area contributed by atoms with Crippen LogP contribution in [0.25, 0.3) is 0 Å². The lowest BCUT2D eigenvalue weighted by molar-refractivity contribution is 0.688. The summed E-state index contributed by atoms with van der Waals surface area (Å²) < 4.78 is 0. The van der Waals surface area contributed by atoms with E-state index in [1.165, 1.54) is 0 Å². The van der Waals surface area contributed by atoms with Gasteiger partial charge in [0, 0.05) is 12.7 Å². The number of nitrogens with zero attached hydrogens (tertiary/aromatic N) is 2. The summed E-state index contributed by atoms with van der Waals surface area (Å²) in [7, 11) is 0. The number of nitriles is 1. The summed E-state index contributed by atoms with van der Waals surface area (Å²) in [4.78, 5) is 3.96. The second-order valence-corrected chi connectivity index (χ2v) is 3.31. The molecule has 0 aliphatic rings. The topological polar surface area (TPSA) is 48.7 Å². The van der Waals surface area contributed by atoms with Crippen LogP contribution in [0.5, 0.6) is 0 Å². The highest BCUT2D eigenvalue weighted by Gasteiger charge is 2.00. The highest BCUT2D eigenvalue weighted by molar-refractivity contribution is 5.55. The van der Waals surface area contributed by atoms with Crippen LogP contribution < -0.4 is 5.32 Å². The van der Waals surface area contributed by atoms with E-state index in [9.17, 15) is 0 Å². The molecule has 1 N–H and O–H groups in total. The first-order valence-electron chi connectivity index (χ1n) is 4.32. The van der Waals surface area contributed by atoms with Crippen molar-refractivity contribution in [1.82, 2.24) is 4.98 Å². The Labute approximate surface area is 78.4 Å². The van der Waals surface area contributed by atoms with Crippen LogP contribution in [0.15, 0.2) is 18.5 Å². The third-order valence-corrected chi connectivity index (χ3v) is 1.64. The Kier molecular flexibility index (Phi) is 3.27. The molecule has 0 aromatic carbocycles. The van der Waals surface area contributed by atoms with E-state index in [0.29, 0.717) is 11.5 Å². The number of rotatable bonds is 3. The van der Waals surface area contributed by atoms with E-state index < -0.39 is 0 Å². The number of nitrogens with one attached hydrogen (secondary N) is 1. The SMILES string of the molecule is CC(C)CNc1cnccc1C#N. The molecule has 1 heterocycles. The molecule has 1 rings (SSSR count). The Bertz CT molecular complexity index is 312. The fourth-order valence-electron chi connectivity index (χ4n) is 0.947. The second kappa shape index (κ2) is 4.46. The van der Waals surface area contributed by atoms with Crippen LogP contribution in [0.2, 0.25) is 0 Å². The normalized spacial score (nSPS) is 9.69. The van der Waals surface area contributed by atoms with Crippen LogP contribution in [-0.4, -0.2) is 11.5 Å². The van der Waals surface area contributed by atoms with Crippen molar-refractivity contribution in [2.45, 2.75) is 13.8 Å². The Balaban J connectivity index is 2.71. The summed E-state index contributed by atoms with van der Waals surface area (Å²) in [5.41, 5.74) is 1.47. The van der Waals surface area contributed by atoms with E-state index in [0.717, 1.165) is 12.2 Å². The molecule has 3 nitrogen and oxygen atoms in total. The molecule has 3 heteroatoms. The predicted molar refractivity (Wildman–Crippen MR) is 52.3 cm³/mol. The van der Waals surface area contributed by atoms with Crippen molar-refractivity contribution in [3.63, 3.8) is 0 Å². The van der Waals surface area contributed by atoms with E-state index in [4.69, 9.17) is 5.26 Å². The highest BCUT2D eigenvalue weighted by atomic mass is 14.9. The molecule has 0 saturated carbocycles. The maximum Gasteiger partial charge on any atom is 0.101 e. The van der Waals surface area contributed by atoms with E-state index >= 15 is 0 Å². The van der Waals surface area contributed by atoms with Crippen molar-refractivity contribution in [3.8, 4) is 6.07 Å². The minimum absolute atomic E-state index is 0.562. The summed E-state index contributed by atoms with van der Waals surface area (Å²) in [5, 5.41) is 11.9. The molecule has 0 aliphatic heterocycles. The number of hydrogen-bond donors (Lipinski definition) is 1. The summed E-state index contributed by atoms with van der Waals surface area (Å²) in [6, 6.07) is 3.83. The largest absolute Gasteiger partial charge is 0.382 e. The van der Waals surface area contributed by atoms with E-state index in [1.54, 1.807) is 18.5 Å². The van der Waals surface area contributed by atoms with Gasteiger partial charge < -0.3 is 5.32 Å². The zero-order valence-corrected chi connectivity index (χ0v) is 7.91. The molecule has 0 unspecified atom stereocenters. The quantitative estimate of drug-likeness (QED) is 0.764. The maximum absolute atomic E-state index is 8.77. The molecular weight excluding hydrogens is 162 g/mol. The summed E-state index contributed by atoms with van der Waals surface area (Å²) >= 11 is 0. The van der Waals surface area contributed by atoms with Gasteiger partial charge in [-0.05, 0) is 12.0 Å². The van der Waals surface area contributed by atoms with Gasteiger partial charge in [0.05, 0.1) is 17.4 Å². The fraction of sp³-hybridized carbons (Fsp3) is 0.400. The zero-order valence-electron chi connectivity index (χ0n) is 7.91. The van der Waals surface area contributed by atoms with Crippen molar-refractivity contribution in [3.05, 3.63) is 24.0 Å². The van der Waals surface area contributed by atoms with Crippen molar-refractivity contribution >= 4 is 5.69 Å². The fourth-order valence-corrected chi connectivity index (χ4v) is 0.947. The maximum atomic E-state index is 8.77. The molecule has 0 bridgehead atoms. The van der Waals surface area contributed by atoms with Crippen molar-refractivity contribution in [1.29, 1.82) is 5.26 Å². The lowest BCUT2D eigenvalue weighted by Gasteiger charge is -2.09. The van der Waals surface area contributed by atoms with Crippen LogP contribution in [0, 0.1) is 17.2 Å². The first kappa shape index (κ1) is 9.53. The summed E-state index contributed by atoms with van der Waals surface area (Å²) in [5.74, 6) is 0.562. The van der Waals surface area contributed by atoms with Crippen molar-refractivity contribution < 1.29 is 0 Å². The molecule has 1 aromatic rings. The van der Waals surface area contributed by atoms with Crippen LogP contribution in [0.4, 0.5) is 5.69 Å². The third-order valence-electron chi connectivity index (χ3n) is 1.64. The molecule has 0 spiro atoms. The molecule has 0 aliphatic carbocycles. The van der Waals surface area contributed by atoms with Gasteiger partial charge in [-0.15, -0.1) is 0 Å². The Morgan fingerprint density at radius 3 is 3.00 bits per heavy atom. The minimum atomic E-state index is 0.562. The van der Waals surface area contributed by atoms with Gasteiger partial charge in [0.25, 0.3) is 0 Å². The first-order chi connectivity index (χ1) is 6.24. The summed E-state index contributed by atoms with van der Waals surface area (Å²) in [6.45, 7) is 5.10. The Hall–Kier alpha value is -1.56. The van der Waals surface area contributed by atoms with Crippen LogP contribution in [0.1, 0.15) is 19.4 Å². The third kappa shape index (κ3) is 2.75. The molecule has 0 fully saturated rings. The van der Waals surface area contributed by atoms with Crippen LogP contribution in [0.3, 0.4) is 0 Å². The smallest absolute Gasteiger partial charge is 0.101 e. The average Bonchev–Trinajstić information content (AvgIpc) is 2.15. The van der Waals surface area contributed by atoms with Gasteiger partial charge in [-0.2, -0.15) is 5.26 Å². The van der Waals surface area contributed by atoms with Gasteiger partial charge in [-0.3, -0.25) is 4.98 Å². The monoisotopic (exact) mass is 175 g/mol. The summed E-state index contributed by atoms with van der Waals surface area (Å²) in [6.07, 6.45) is 3.31. The van der Waals surface area contributed by atoms with Gasteiger partial charge >= 0.3 is 0 Å². The van der Waals surface area contributed by atoms with Crippen molar-refractivity contribution in [2.75, 3.05) is 11.9 Å². The van der Waals surface area contributed by atoms with Gasteiger partial charge in [0.15, 0.2) is 0 Å². The van der Waals surface area contributed by atoms with Gasteiger partial charge in [0.2, 0.25) is 0 Å². The molecule has 0 atom stereocenters. The lowest BCUT2D eigenvalue weighted by atomic mass is 10.2. The zero-order chi connectivity index (χ0) is 9.68. The average molecular weight is 175 g/mol. The molecule has 0 amide bonds. The number of anilines is 1. The van der Waals surface area contributed by atoms with E-state index in [-0.39, 0.29) is 0 Å². The van der Waals surface area contributed by atoms with Crippen LogP contribution >= 0.6 is 0 Å². The van der Waals surface area contributed by atoms with Gasteiger partial charge in [-0.1, -0.05) is 13.8 Å². The molecule has 1 aromatic heterocycles. The molecule has 0 saturated heterocycles. The molecule has 13 heavy (non-hydrogen) atoms. The second-order valence-electron chi connectivity index (χ2n) is 3.31. The van der Waals surface area contributed by atoms with Gasteiger partial charge in [-0.25, -0.2) is 0 Å². The Morgan fingerprint density at radius 1 is 1.62 bits per heavy atom. The number of pyridine rings is 1. The predicted octanol–water partition coefficient (Wildman–Crippen LogP) is 2.02. The molecule has 0 radical (unpaired) electrons. The van der Waals surface area contributed by atoms with Gasteiger partial charge in [0.1, 0.15) is 6.07 Å². The van der Waals surface area contributed by atoms with E-state index in [2.05, 4.69) is 30.2 Å². The van der Waals surface area contributed by atoms with Crippen molar-refractivity contribution in [2.24, 2.45) is 5.92 Å². The minimum Gasteiger partial charge on any atom is -0.382 e. The first-order valence-corrected chi connectivity index (χ1v) is 4.32. The van der Waals surface area contributed by atoms with Crippen LogP contribution in [-0.2, 0) is 0 Å². The lowest BCUT2D eigenvalue weighted by Crippen LogP contribution is -2.09.